The maximum Gasteiger partial charge on any atom is 0.228 e. The van der Waals surface area contributed by atoms with Crippen LogP contribution in [0.25, 0.3) is 0 Å². The second-order valence-corrected chi connectivity index (χ2v) is 8.54. The largest absolute Gasteiger partial charge is 0.340 e. The van der Waals surface area contributed by atoms with Gasteiger partial charge in [0.15, 0.2) is 5.82 Å². The van der Waals surface area contributed by atoms with Crippen molar-refractivity contribution in [3.63, 3.8) is 0 Å². The van der Waals surface area contributed by atoms with Gasteiger partial charge in [0.05, 0.1) is 23.7 Å². The van der Waals surface area contributed by atoms with Crippen LogP contribution in [0.15, 0.2) is 9.90 Å². The lowest BCUT2D eigenvalue weighted by atomic mass is 9.98. The monoisotopic (exact) mass is 377 g/mol. The van der Waals surface area contributed by atoms with Gasteiger partial charge >= 0.3 is 0 Å². The highest BCUT2D eigenvalue weighted by Crippen LogP contribution is 2.25. The molecule has 1 saturated heterocycles. The van der Waals surface area contributed by atoms with Crippen molar-refractivity contribution < 1.29 is 9.32 Å². The first kappa shape index (κ1) is 19.0. The molecule has 2 aromatic heterocycles. The van der Waals surface area contributed by atoms with Gasteiger partial charge in [-0.25, -0.2) is 4.98 Å². The number of aryl methyl sites for hydroxylation is 1. The molecule has 0 unspecified atom stereocenters. The SMILES string of the molecule is CCc1nc(CN2CCN(C(=O)Cc3csc(C(C)(C)C)n3)CC2)no1. The molecule has 0 N–H and O–H groups in total. The third-order valence-corrected chi connectivity index (χ3v) is 5.75. The average molecular weight is 378 g/mol. The molecule has 0 aliphatic carbocycles. The Hall–Kier alpha value is -1.80. The van der Waals surface area contributed by atoms with Crippen LogP contribution in [0.1, 0.15) is 50.1 Å². The van der Waals surface area contributed by atoms with Gasteiger partial charge in [0, 0.05) is 43.4 Å². The minimum absolute atomic E-state index is 0.0321. The average Bonchev–Trinajstić information content (AvgIpc) is 3.24. The summed E-state index contributed by atoms with van der Waals surface area (Å²) in [5.74, 6) is 1.55. The van der Waals surface area contributed by atoms with Gasteiger partial charge in [0.2, 0.25) is 11.8 Å². The summed E-state index contributed by atoms with van der Waals surface area (Å²) in [7, 11) is 0. The highest BCUT2D eigenvalue weighted by molar-refractivity contribution is 7.09. The number of carbonyl (C=O) groups excluding carboxylic acids is 1. The molecule has 1 aliphatic rings. The van der Waals surface area contributed by atoms with Crippen molar-refractivity contribution >= 4 is 17.2 Å². The lowest BCUT2D eigenvalue weighted by Crippen LogP contribution is -2.48. The summed E-state index contributed by atoms with van der Waals surface area (Å²) in [5.41, 5.74) is 0.913. The first-order chi connectivity index (χ1) is 12.3. The minimum Gasteiger partial charge on any atom is -0.340 e. The molecule has 2 aromatic rings. The van der Waals surface area contributed by atoms with Gasteiger partial charge < -0.3 is 9.42 Å². The molecule has 1 aliphatic heterocycles. The van der Waals surface area contributed by atoms with Crippen LogP contribution in [0.3, 0.4) is 0 Å². The summed E-state index contributed by atoms with van der Waals surface area (Å²) in [6.45, 7) is 12.2. The van der Waals surface area contributed by atoms with E-state index < -0.39 is 0 Å². The first-order valence-corrected chi connectivity index (χ1v) is 9.99. The molecule has 0 bridgehead atoms. The van der Waals surface area contributed by atoms with Crippen LogP contribution in [0.4, 0.5) is 0 Å². The molecule has 1 amide bonds. The lowest BCUT2D eigenvalue weighted by Gasteiger charge is -2.34. The molecule has 0 spiro atoms. The molecule has 3 rings (SSSR count). The Morgan fingerprint density at radius 1 is 1.23 bits per heavy atom. The Kier molecular flexibility index (Phi) is 5.72. The minimum atomic E-state index is 0.0321. The van der Waals surface area contributed by atoms with Crippen molar-refractivity contribution in [2.75, 3.05) is 26.2 Å². The van der Waals surface area contributed by atoms with E-state index in [1.165, 1.54) is 0 Å². The Morgan fingerprint density at radius 3 is 2.54 bits per heavy atom. The van der Waals surface area contributed by atoms with Crippen LogP contribution in [0.2, 0.25) is 0 Å². The zero-order chi connectivity index (χ0) is 18.7. The Bertz CT molecular complexity index is 741. The van der Waals surface area contributed by atoms with E-state index in [1.807, 2.05) is 17.2 Å². The van der Waals surface area contributed by atoms with Crippen LogP contribution in [-0.2, 0) is 29.6 Å². The van der Waals surface area contributed by atoms with Crippen LogP contribution in [-0.4, -0.2) is 57.0 Å². The molecule has 26 heavy (non-hydrogen) atoms. The number of amides is 1. The number of carbonyl (C=O) groups is 1. The zero-order valence-electron chi connectivity index (χ0n) is 16.0. The van der Waals surface area contributed by atoms with Gasteiger partial charge in [-0.2, -0.15) is 4.98 Å². The Labute approximate surface area is 158 Å². The van der Waals surface area contributed by atoms with Crippen molar-refractivity contribution in [3.05, 3.63) is 27.8 Å². The van der Waals surface area contributed by atoms with Crippen LogP contribution in [0, 0.1) is 0 Å². The first-order valence-electron chi connectivity index (χ1n) is 9.11. The normalized spacial score (nSPS) is 16.2. The van der Waals surface area contributed by atoms with Crippen LogP contribution < -0.4 is 0 Å². The quantitative estimate of drug-likeness (QED) is 0.796. The second kappa shape index (κ2) is 7.84. The predicted octanol–water partition coefficient (Wildman–Crippen LogP) is 2.27. The maximum atomic E-state index is 12.6. The number of rotatable bonds is 5. The fourth-order valence-corrected chi connectivity index (χ4v) is 3.76. The molecule has 0 aromatic carbocycles. The molecule has 3 heterocycles. The van der Waals surface area contributed by atoms with Crippen LogP contribution >= 0.6 is 11.3 Å². The van der Waals surface area contributed by atoms with E-state index in [9.17, 15) is 4.79 Å². The van der Waals surface area contributed by atoms with Crippen molar-refractivity contribution in [2.24, 2.45) is 0 Å². The summed E-state index contributed by atoms with van der Waals surface area (Å²) in [4.78, 5) is 25.7. The number of hydrogen-bond acceptors (Lipinski definition) is 7. The van der Waals surface area contributed by atoms with Crippen molar-refractivity contribution in [1.29, 1.82) is 0 Å². The van der Waals surface area contributed by atoms with Gasteiger partial charge in [0.25, 0.3) is 0 Å². The molecule has 0 radical (unpaired) electrons. The lowest BCUT2D eigenvalue weighted by molar-refractivity contribution is -0.132. The smallest absolute Gasteiger partial charge is 0.228 e. The second-order valence-electron chi connectivity index (χ2n) is 7.69. The topological polar surface area (TPSA) is 75.4 Å². The van der Waals surface area contributed by atoms with Gasteiger partial charge in [-0.1, -0.05) is 32.9 Å². The Balaban J connectivity index is 1.48. The van der Waals surface area contributed by atoms with E-state index in [4.69, 9.17) is 4.52 Å². The van der Waals surface area contributed by atoms with Gasteiger partial charge in [-0.3, -0.25) is 9.69 Å². The molecule has 0 atom stereocenters. The van der Waals surface area contributed by atoms with Gasteiger partial charge in [-0.05, 0) is 0 Å². The summed E-state index contributed by atoms with van der Waals surface area (Å²) in [6.07, 6.45) is 1.14. The van der Waals surface area contributed by atoms with Crippen molar-refractivity contribution in [2.45, 2.75) is 52.5 Å². The maximum absolute atomic E-state index is 12.6. The summed E-state index contributed by atoms with van der Waals surface area (Å²) in [6, 6.07) is 0. The number of aromatic nitrogens is 3. The molecule has 8 heteroatoms. The number of piperazine rings is 1. The predicted molar refractivity (Wildman–Crippen MR) is 100 cm³/mol. The van der Waals surface area contributed by atoms with E-state index in [-0.39, 0.29) is 11.3 Å². The summed E-state index contributed by atoms with van der Waals surface area (Å²) < 4.78 is 5.15. The van der Waals surface area contributed by atoms with Crippen molar-refractivity contribution in [3.8, 4) is 0 Å². The molecule has 1 fully saturated rings. The highest BCUT2D eigenvalue weighted by Gasteiger charge is 2.24. The fourth-order valence-electron chi connectivity index (χ4n) is 2.85. The molecule has 7 nitrogen and oxygen atoms in total. The Morgan fingerprint density at radius 2 is 1.96 bits per heavy atom. The number of nitrogens with zero attached hydrogens (tertiary/aromatic N) is 5. The van der Waals surface area contributed by atoms with Gasteiger partial charge in [0.1, 0.15) is 0 Å². The van der Waals surface area contributed by atoms with E-state index >= 15 is 0 Å². The molecule has 142 valence electrons. The molecular weight excluding hydrogens is 350 g/mol. The zero-order valence-corrected chi connectivity index (χ0v) is 16.8. The summed E-state index contributed by atoms with van der Waals surface area (Å²) >= 11 is 1.64. The standard InChI is InChI=1S/C18H27N5O2S/c1-5-15-20-14(21-25-15)11-22-6-8-23(9-7-22)16(24)10-13-12-26-17(19-13)18(2,3)4/h12H,5-11H2,1-4H3. The van der Waals surface area contributed by atoms with Gasteiger partial charge in [-0.15, -0.1) is 11.3 Å². The number of hydrogen-bond donors (Lipinski definition) is 0. The van der Waals surface area contributed by atoms with Crippen molar-refractivity contribution in [1.82, 2.24) is 24.9 Å². The third kappa shape index (κ3) is 4.67. The van der Waals surface area contributed by atoms with E-state index in [2.05, 4.69) is 40.8 Å². The van der Waals surface area contributed by atoms with E-state index in [0.717, 1.165) is 49.1 Å². The molecule has 0 saturated carbocycles. The van der Waals surface area contributed by atoms with E-state index in [0.29, 0.717) is 18.9 Å². The summed E-state index contributed by atoms with van der Waals surface area (Å²) in [5, 5.41) is 7.09. The third-order valence-electron chi connectivity index (χ3n) is 4.43. The van der Waals surface area contributed by atoms with Crippen LogP contribution in [0.5, 0.6) is 0 Å². The fraction of sp³-hybridized carbons (Fsp3) is 0.667. The number of thiazole rings is 1. The van der Waals surface area contributed by atoms with E-state index in [1.54, 1.807) is 11.3 Å². The highest BCUT2D eigenvalue weighted by atomic mass is 32.1. The molecular formula is C18H27N5O2S.